The summed E-state index contributed by atoms with van der Waals surface area (Å²) in [5, 5.41) is 4.98. The Hall–Kier alpha value is -2.90. The van der Waals surface area contributed by atoms with Gasteiger partial charge in [-0.15, -0.1) is 0 Å². The van der Waals surface area contributed by atoms with Crippen molar-refractivity contribution in [2.24, 2.45) is 0 Å². The van der Waals surface area contributed by atoms with Crippen molar-refractivity contribution >= 4 is 28.9 Å². The van der Waals surface area contributed by atoms with Crippen LogP contribution in [-0.2, 0) is 11.2 Å². The molecule has 1 saturated heterocycles. The van der Waals surface area contributed by atoms with Crippen LogP contribution in [0.3, 0.4) is 0 Å². The minimum Gasteiger partial charge on any atom is -0.378 e. The highest BCUT2D eigenvalue weighted by molar-refractivity contribution is 6.30. The molecular formula is C23H23ClN4O3. The Kier molecular flexibility index (Phi) is 5.16. The maximum Gasteiger partial charge on any atom is 0.274 e. The highest BCUT2D eigenvalue weighted by Gasteiger charge is 2.31. The first-order chi connectivity index (χ1) is 15.0. The van der Waals surface area contributed by atoms with Crippen LogP contribution in [0.2, 0.25) is 5.02 Å². The smallest absolute Gasteiger partial charge is 0.274 e. The molecule has 2 amide bonds. The molecule has 0 radical (unpaired) electrons. The number of nitrogens with zero attached hydrogens (tertiary/aromatic N) is 4. The lowest BCUT2D eigenvalue weighted by atomic mass is 9.91. The van der Waals surface area contributed by atoms with Crippen molar-refractivity contribution < 1.29 is 14.3 Å². The summed E-state index contributed by atoms with van der Waals surface area (Å²) in [4.78, 5) is 29.8. The van der Waals surface area contributed by atoms with Crippen molar-refractivity contribution in [1.29, 1.82) is 0 Å². The minimum atomic E-state index is -0.151. The molecule has 0 N–H and O–H groups in total. The van der Waals surface area contributed by atoms with Crippen LogP contribution in [0.1, 0.15) is 44.9 Å². The standard InChI is InChI=1S/C23H23ClN4O3/c1-15-20-12-17(22(29)26-8-10-31-11-9-26)3-2-16(20)6-7-27(15)23(30)21-13-19-5-4-18(24)14-28(19)25-21/h2-5,12-15H,6-11H2,1H3. The van der Waals surface area contributed by atoms with Crippen LogP contribution in [-0.4, -0.2) is 64.1 Å². The number of carbonyl (C=O) groups is 2. The molecule has 1 unspecified atom stereocenters. The number of rotatable bonds is 2. The lowest BCUT2D eigenvalue weighted by Gasteiger charge is -2.35. The molecule has 0 spiro atoms. The maximum atomic E-state index is 13.3. The molecule has 1 aromatic carbocycles. The van der Waals surface area contributed by atoms with Gasteiger partial charge in [0.2, 0.25) is 0 Å². The number of pyridine rings is 1. The van der Waals surface area contributed by atoms with E-state index in [1.54, 1.807) is 22.8 Å². The molecule has 2 aliphatic heterocycles. The number of hydrogen-bond acceptors (Lipinski definition) is 4. The molecular weight excluding hydrogens is 416 g/mol. The minimum absolute atomic E-state index is 0.0129. The second kappa shape index (κ2) is 7.98. The van der Waals surface area contributed by atoms with Crippen molar-refractivity contribution in [3.05, 3.63) is 70.0 Å². The van der Waals surface area contributed by atoms with Crippen molar-refractivity contribution in [2.75, 3.05) is 32.8 Å². The fourth-order valence-electron chi connectivity index (χ4n) is 4.39. The number of amides is 2. The first-order valence-corrected chi connectivity index (χ1v) is 10.8. The third-order valence-electron chi connectivity index (χ3n) is 6.13. The fraction of sp³-hybridized carbons (Fsp3) is 0.348. The Morgan fingerprint density at radius 2 is 1.87 bits per heavy atom. The van der Waals surface area contributed by atoms with Gasteiger partial charge in [-0.05, 0) is 54.8 Å². The lowest BCUT2D eigenvalue weighted by Crippen LogP contribution is -2.41. The van der Waals surface area contributed by atoms with E-state index in [4.69, 9.17) is 16.3 Å². The molecule has 8 heteroatoms. The molecule has 0 bridgehead atoms. The van der Waals surface area contributed by atoms with Crippen molar-refractivity contribution in [3.8, 4) is 0 Å². The van der Waals surface area contributed by atoms with Gasteiger partial charge in [-0.2, -0.15) is 5.10 Å². The highest BCUT2D eigenvalue weighted by Crippen LogP contribution is 2.32. The van der Waals surface area contributed by atoms with Gasteiger partial charge in [0, 0.05) is 31.4 Å². The monoisotopic (exact) mass is 438 g/mol. The van der Waals surface area contributed by atoms with Crippen LogP contribution in [0, 0.1) is 0 Å². The zero-order chi connectivity index (χ0) is 21.5. The van der Waals surface area contributed by atoms with Gasteiger partial charge in [0.15, 0.2) is 5.69 Å². The molecule has 7 nitrogen and oxygen atoms in total. The molecule has 2 aromatic heterocycles. The number of hydrogen-bond donors (Lipinski definition) is 0. The molecule has 1 fully saturated rings. The Morgan fingerprint density at radius 1 is 1.06 bits per heavy atom. The molecule has 3 aromatic rings. The third-order valence-corrected chi connectivity index (χ3v) is 6.36. The topological polar surface area (TPSA) is 67.2 Å². The SMILES string of the molecule is CC1c2cc(C(=O)N3CCOCC3)ccc2CCN1C(=O)c1cc2ccc(Cl)cn2n1. The van der Waals surface area contributed by atoms with Crippen LogP contribution in [0.5, 0.6) is 0 Å². The van der Waals surface area contributed by atoms with Gasteiger partial charge in [-0.1, -0.05) is 17.7 Å². The van der Waals surface area contributed by atoms with Gasteiger partial charge in [0.1, 0.15) is 0 Å². The van der Waals surface area contributed by atoms with E-state index in [0.717, 1.165) is 17.5 Å². The molecule has 160 valence electrons. The molecule has 31 heavy (non-hydrogen) atoms. The Labute approximate surface area is 185 Å². The number of halogens is 1. The Balaban J connectivity index is 1.41. The summed E-state index contributed by atoms with van der Waals surface area (Å²) < 4.78 is 6.97. The van der Waals surface area contributed by atoms with E-state index in [9.17, 15) is 9.59 Å². The zero-order valence-electron chi connectivity index (χ0n) is 17.3. The number of ether oxygens (including phenoxy) is 1. The van der Waals surface area contributed by atoms with Gasteiger partial charge < -0.3 is 14.5 Å². The zero-order valence-corrected chi connectivity index (χ0v) is 18.0. The van der Waals surface area contributed by atoms with E-state index in [1.807, 2.05) is 41.0 Å². The number of aromatic nitrogens is 2. The van der Waals surface area contributed by atoms with Gasteiger partial charge in [0.25, 0.3) is 11.8 Å². The third kappa shape index (κ3) is 3.68. The van der Waals surface area contributed by atoms with Crippen molar-refractivity contribution in [3.63, 3.8) is 0 Å². The van der Waals surface area contributed by atoms with Crippen LogP contribution in [0.4, 0.5) is 0 Å². The average Bonchev–Trinajstić information content (AvgIpc) is 3.22. The number of benzene rings is 1. The average molecular weight is 439 g/mol. The van der Waals surface area contributed by atoms with Crippen LogP contribution in [0.15, 0.2) is 42.6 Å². The second-order valence-corrected chi connectivity index (χ2v) is 8.43. The van der Waals surface area contributed by atoms with E-state index in [1.165, 1.54) is 5.56 Å². The largest absolute Gasteiger partial charge is 0.378 e. The number of carbonyl (C=O) groups excluding carboxylic acids is 2. The lowest BCUT2D eigenvalue weighted by molar-refractivity contribution is 0.0302. The quantitative estimate of drug-likeness (QED) is 0.616. The van der Waals surface area contributed by atoms with E-state index < -0.39 is 0 Å². The fourth-order valence-corrected chi connectivity index (χ4v) is 4.54. The summed E-state index contributed by atoms with van der Waals surface area (Å²) >= 11 is 6.04. The molecule has 2 aliphatic rings. The molecule has 5 rings (SSSR count). The summed E-state index contributed by atoms with van der Waals surface area (Å²) in [6.45, 7) is 4.96. The van der Waals surface area contributed by atoms with Crippen LogP contribution >= 0.6 is 11.6 Å². The number of fused-ring (bicyclic) bond motifs is 2. The van der Waals surface area contributed by atoms with Crippen molar-refractivity contribution in [2.45, 2.75) is 19.4 Å². The van der Waals surface area contributed by atoms with Gasteiger partial charge in [-0.3, -0.25) is 9.59 Å². The van der Waals surface area contributed by atoms with E-state index in [2.05, 4.69) is 5.10 Å². The van der Waals surface area contributed by atoms with E-state index in [-0.39, 0.29) is 17.9 Å². The maximum absolute atomic E-state index is 13.3. The summed E-state index contributed by atoms with van der Waals surface area (Å²) in [7, 11) is 0. The molecule has 0 saturated carbocycles. The first-order valence-electron chi connectivity index (χ1n) is 10.5. The van der Waals surface area contributed by atoms with Gasteiger partial charge in [-0.25, -0.2) is 4.52 Å². The Bertz CT molecular complexity index is 1170. The second-order valence-electron chi connectivity index (χ2n) is 7.99. The van der Waals surface area contributed by atoms with Gasteiger partial charge in [0.05, 0.1) is 29.8 Å². The summed E-state index contributed by atoms with van der Waals surface area (Å²) in [5.41, 5.74) is 4.06. The normalized spacial score (nSPS) is 18.8. The highest BCUT2D eigenvalue weighted by atomic mass is 35.5. The molecule has 4 heterocycles. The van der Waals surface area contributed by atoms with Crippen LogP contribution in [0.25, 0.3) is 5.52 Å². The molecule has 1 atom stereocenters. The number of morpholine rings is 1. The predicted octanol–water partition coefficient (Wildman–Crippen LogP) is 3.22. The van der Waals surface area contributed by atoms with E-state index in [0.29, 0.717) is 49.1 Å². The van der Waals surface area contributed by atoms with Gasteiger partial charge >= 0.3 is 0 Å². The van der Waals surface area contributed by atoms with E-state index >= 15 is 0 Å². The Morgan fingerprint density at radius 3 is 2.68 bits per heavy atom. The summed E-state index contributed by atoms with van der Waals surface area (Å²) in [6.07, 6.45) is 2.43. The predicted molar refractivity (Wildman–Crippen MR) is 117 cm³/mol. The van der Waals surface area contributed by atoms with Crippen molar-refractivity contribution in [1.82, 2.24) is 19.4 Å². The first kappa shape index (κ1) is 20.0. The summed E-state index contributed by atoms with van der Waals surface area (Å²) in [5.74, 6) is -0.109. The molecule has 0 aliphatic carbocycles. The summed E-state index contributed by atoms with van der Waals surface area (Å²) in [6, 6.07) is 11.1. The van der Waals surface area contributed by atoms with Crippen LogP contribution < -0.4 is 0 Å².